The van der Waals surface area contributed by atoms with Crippen molar-refractivity contribution in [1.82, 2.24) is 0 Å². The van der Waals surface area contributed by atoms with E-state index < -0.39 is 5.82 Å². The van der Waals surface area contributed by atoms with Crippen molar-refractivity contribution in [3.05, 3.63) is 29.6 Å². The van der Waals surface area contributed by atoms with Gasteiger partial charge in [-0.1, -0.05) is 6.07 Å². The Labute approximate surface area is 101 Å². The van der Waals surface area contributed by atoms with Crippen molar-refractivity contribution in [3.8, 4) is 6.07 Å². The number of hydrogen-bond donors (Lipinski definition) is 0. The third-order valence-electron chi connectivity index (χ3n) is 2.69. The summed E-state index contributed by atoms with van der Waals surface area (Å²) >= 11 is 0. The lowest BCUT2D eigenvalue weighted by atomic mass is 10.1. The highest BCUT2D eigenvalue weighted by atomic mass is 19.1. The highest BCUT2D eigenvalue weighted by Gasteiger charge is 2.18. The minimum atomic E-state index is -0.479. The average molecular weight is 236 g/mol. The van der Waals surface area contributed by atoms with Crippen LogP contribution in [0.25, 0.3) is 0 Å². The molecule has 0 spiro atoms. The number of halogens is 1. The number of nitriles is 1. The van der Waals surface area contributed by atoms with E-state index in [1.165, 1.54) is 6.07 Å². The zero-order chi connectivity index (χ0) is 12.8. The van der Waals surface area contributed by atoms with Crippen molar-refractivity contribution < 1.29 is 9.13 Å². The van der Waals surface area contributed by atoms with Gasteiger partial charge in [-0.2, -0.15) is 5.26 Å². The van der Waals surface area contributed by atoms with Gasteiger partial charge in [0.2, 0.25) is 0 Å². The maximum Gasteiger partial charge on any atom is 0.143 e. The average Bonchev–Trinajstić information content (AvgIpc) is 2.30. The molecule has 1 rings (SSSR count). The summed E-state index contributed by atoms with van der Waals surface area (Å²) in [6, 6.07) is 6.70. The molecule has 0 aliphatic carbocycles. The SMILES string of the molecule is CCN(c1cccc(F)c1C#N)C(C)COC. The largest absolute Gasteiger partial charge is 0.383 e. The minimum Gasteiger partial charge on any atom is -0.383 e. The van der Waals surface area contributed by atoms with Crippen LogP contribution in [0.5, 0.6) is 0 Å². The summed E-state index contributed by atoms with van der Waals surface area (Å²) in [4.78, 5) is 1.96. The van der Waals surface area contributed by atoms with Crippen LogP contribution in [0.3, 0.4) is 0 Å². The summed E-state index contributed by atoms with van der Waals surface area (Å²) in [6.45, 7) is 5.19. The first-order valence-corrected chi connectivity index (χ1v) is 5.59. The summed E-state index contributed by atoms with van der Waals surface area (Å²) in [7, 11) is 1.63. The fraction of sp³-hybridized carbons (Fsp3) is 0.462. The Bertz CT molecular complexity index is 414. The van der Waals surface area contributed by atoms with E-state index in [9.17, 15) is 4.39 Å². The topological polar surface area (TPSA) is 36.3 Å². The lowest BCUT2D eigenvalue weighted by molar-refractivity contribution is 0.182. The number of nitrogens with zero attached hydrogens (tertiary/aromatic N) is 2. The van der Waals surface area contributed by atoms with Crippen molar-refractivity contribution in [2.75, 3.05) is 25.2 Å². The zero-order valence-electron chi connectivity index (χ0n) is 10.4. The Hall–Kier alpha value is -1.60. The molecule has 0 saturated carbocycles. The molecule has 0 amide bonds. The van der Waals surface area contributed by atoms with Gasteiger partial charge in [0, 0.05) is 19.7 Å². The van der Waals surface area contributed by atoms with Gasteiger partial charge in [-0.3, -0.25) is 0 Å². The molecule has 0 saturated heterocycles. The van der Waals surface area contributed by atoms with Crippen LogP contribution in [0.2, 0.25) is 0 Å². The minimum absolute atomic E-state index is 0.0947. The molecule has 0 fully saturated rings. The van der Waals surface area contributed by atoms with E-state index in [2.05, 4.69) is 0 Å². The first-order chi connectivity index (χ1) is 8.15. The lowest BCUT2D eigenvalue weighted by Crippen LogP contribution is -2.36. The second kappa shape index (κ2) is 6.21. The molecule has 17 heavy (non-hydrogen) atoms. The summed E-state index contributed by atoms with van der Waals surface area (Å²) in [5.41, 5.74) is 0.719. The van der Waals surface area contributed by atoms with Crippen LogP contribution >= 0.6 is 0 Å². The standard InChI is InChI=1S/C13H17FN2O/c1-4-16(10(2)9-17-3)13-7-5-6-12(14)11(13)8-15/h5-7,10H,4,9H2,1-3H3. The van der Waals surface area contributed by atoms with Gasteiger partial charge < -0.3 is 9.64 Å². The van der Waals surface area contributed by atoms with Gasteiger partial charge >= 0.3 is 0 Å². The van der Waals surface area contributed by atoms with Gasteiger partial charge in [-0.15, -0.1) is 0 Å². The Morgan fingerprint density at radius 3 is 2.76 bits per heavy atom. The van der Waals surface area contributed by atoms with Gasteiger partial charge in [0.25, 0.3) is 0 Å². The summed E-state index contributed by atoms with van der Waals surface area (Å²) in [6.07, 6.45) is 0. The summed E-state index contributed by atoms with van der Waals surface area (Å²) < 4.78 is 18.6. The highest BCUT2D eigenvalue weighted by Crippen LogP contribution is 2.24. The molecule has 4 heteroatoms. The van der Waals surface area contributed by atoms with Crippen molar-refractivity contribution in [3.63, 3.8) is 0 Å². The Morgan fingerprint density at radius 1 is 1.53 bits per heavy atom. The van der Waals surface area contributed by atoms with Gasteiger partial charge in [0.05, 0.1) is 12.3 Å². The Kier molecular flexibility index (Phi) is 4.92. The molecule has 0 aromatic heterocycles. The molecule has 3 nitrogen and oxygen atoms in total. The maximum absolute atomic E-state index is 13.5. The van der Waals surface area contributed by atoms with Crippen LogP contribution in [0.1, 0.15) is 19.4 Å². The van der Waals surface area contributed by atoms with Gasteiger partial charge in [-0.25, -0.2) is 4.39 Å². The number of methoxy groups -OCH3 is 1. The Balaban J connectivity index is 3.12. The number of likely N-dealkylation sites (N-methyl/N-ethyl adjacent to an activating group) is 1. The van der Waals surface area contributed by atoms with Crippen molar-refractivity contribution in [2.24, 2.45) is 0 Å². The molecular formula is C13H17FN2O. The van der Waals surface area contributed by atoms with E-state index in [-0.39, 0.29) is 11.6 Å². The third-order valence-corrected chi connectivity index (χ3v) is 2.69. The van der Waals surface area contributed by atoms with Gasteiger partial charge in [0.1, 0.15) is 17.4 Å². The van der Waals surface area contributed by atoms with E-state index >= 15 is 0 Å². The molecule has 0 heterocycles. The number of ether oxygens (including phenoxy) is 1. The van der Waals surface area contributed by atoms with Crippen LogP contribution < -0.4 is 4.90 Å². The van der Waals surface area contributed by atoms with Crippen LogP contribution in [0.15, 0.2) is 18.2 Å². The summed E-state index contributed by atoms with van der Waals surface area (Å²) in [5, 5.41) is 9.01. The molecule has 0 N–H and O–H groups in total. The molecule has 0 aliphatic heterocycles. The Morgan fingerprint density at radius 2 is 2.24 bits per heavy atom. The first kappa shape index (κ1) is 13.5. The smallest absolute Gasteiger partial charge is 0.143 e. The second-order valence-corrected chi connectivity index (χ2v) is 3.84. The maximum atomic E-state index is 13.5. The fourth-order valence-corrected chi connectivity index (χ4v) is 1.91. The third kappa shape index (κ3) is 2.95. The quantitative estimate of drug-likeness (QED) is 0.788. The van der Waals surface area contributed by atoms with E-state index in [0.29, 0.717) is 18.8 Å². The second-order valence-electron chi connectivity index (χ2n) is 3.84. The van der Waals surface area contributed by atoms with Crippen LogP contribution in [-0.2, 0) is 4.74 Å². The first-order valence-electron chi connectivity index (χ1n) is 5.59. The number of hydrogen-bond acceptors (Lipinski definition) is 3. The van der Waals surface area contributed by atoms with Crippen LogP contribution in [0.4, 0.5) is 10.1 Å². The molecule has 92 valence electrons. The lowest BCUT2D eigenvalue weighted by Gasteiger charge is -2.30. The van der Waals surface area contributed by atoms with Gasteiger partial charge in [-0.05, 0) is 26.0 Å². The zero-order valence-corrected chi connectivity index (χ0v) is 10.4. The van der Waals surface area contributed by atoms with E-state index in [4.69, 9.17) is 10.00 Å². The molecule has 1 aromatic carbocycles. The molecule has 1 unspecified atom stereocenters. The van der Waals surface area contributed by atoms with E-state index in [1.807, 2.05) is 24.8 Å². The fourth-order valence-electron chi connectivity index (χ4n) is 1.91. The molecular weight excluding hydrogens is 219 g/mol. The van der Waals surface area contributed by atoms with Crippen LogP contribution in [0, 0.1) is 17.1 Å². The highest BCUT2D eigenvalue weighted by molar-refractivity contribution is 5.60. The predicted octanol–water partition coefficient (Wildman–Crippen LogP) is 2.56. The van der Waals surface area contributed by atoms with E-state index in [0.717, 1.165) is 0 Å². The van der Waals surface area contributed by atoms with Crippen LogP contribution in [-0.4, -0.2) is 26.3 Å². The molecule has 0 bridgehead atoms. The van der Waals surface area contributed by atoms with E-state index in [1.54, 1.807) is 19.2 Å². The predicted molar refractivity (Wildman–Crippen MR) is 65.5 cm³/mol. The number of anilines is 1. The van der Waals surface area contributed by atoms with Gasteiger partial charge in [0.15, 0.2) is 0 Å². The molecule has 0 aliphatic rings. The molecule has 1 aromatic rings. The monoisotopic (exact) mass is 236 g/mol. The van der Waals surface area contributed by atoms with Crippen molar-refractivity contribution in [1.29, 1.82) is 5.26 Å². The number of benzene rings is 1. The van der Waals surface area contributed by atoms with Crippen molar-refractivity contribution >= 4 is 5.69 Å². The van der Waals surface area contributed by atoms with Crippen molar-refractivity contribution in [2.45, 2.75) is 19.9 Å². The molecule has 1 atom stereocenters. The number of rotatable bonds is 5. The summed E-state index contributed by atoms with van der Waals surface area (Å²) in [5.74, 6) is -0.479. The molecule has 0 radical (unpaired) electrons. The normalized spacial score (nSPS) is 11.9.